The molecule has 2 rings (SSSR count). The van der Waals surface area contributed by atoms with Gasteiger partial charge in [-0.15, -0.1) is 0 Å². The van der Waals surface area contributed by atoms with Crippen LogP contribution in [0.2, 0.25) is 0 Å². The van der Waals surface area contributed by atoms with E-state index >= 15 is 0 Å². The van der Waals surface area contributed by atoms with Gasteiger partial charge in [-0.05, 0) is 74.1 Å². The Hall–Kier alpha value is -1.54. The largest absolute Gasteiger partial charge is 0.444 e. The average Bonchev–Trinajstić information content (AvgIpc) is 2.95. The van der Waals surface area contributed by atoms with Crippen molar-refractivity contribution in [3.05, 3.63) is 0 Å². The molecule has 0 aliphatic carbocycles. The molecule has 8 nitrogen and oxygen atoms in total. The summed E-state index contributed by atoms with van der Waals surface area (Å²) < 4.78 is 16.8. The van der Waals surface area contributed by atoms with E-state index in [0.717, 1.165) is 0 Å². The van der Waals surface area contributed by atoms with Crippen LogP contribution in [0.4, 0.5) is 9.59 Å². The monoisotopic (exact) mass is 400 g/mol. The lowest BCUT2D eigenvalue weighted by Gasteiger charge is -2.35. The lowest BCUT2D eigenvalue weighted by atomic mass is 9.98. The molecule has 0 aromatic heterocycles. The Bertz CT molecular complexity index is 592. The Labute approximate surface area is 168 Å². The van der Waals surface area contributed by atoms with Gasteiger partial charge in [0.1, 0.15) is 23.2 Å². The Morgan fingerprint density at radius 2 is 1.61 bits per heavy atom. The Balaban J connectivity index is 2.04. The van der Waals surface area contributed by atoms with Crippen molar-refractivity contribution in [2.45, 2.75) is 97.4 Å². The molecule has 3 atom stereocenters. The van der Waals surface area contributed by atoms with Crippen molar-refractivity contribution >= 4 is 12.2 Å². The van der Waals surface area contributed by atoms with Gasteiger partial charge in [-0.3, -0.25) is 9.80 Å². The summed E-state index contributed by atoms with van der Waals surface area (Å²) in [7, 11) is 0. The van der Waals surface area contributed by atoms with Gasteiger partial charge in [-0.25, -0.2) is 9.59 Å². The summed E-state index contributed by atoms with van der Waals surface area (Å²) in [5.41, 5.74) is -1.99. The Morgan fingerprint density at radius 3 is 2.14 bits per heavy atom. The summed E-state index contributed by atoms with van der Waals surface area (Å²) in [4.78, 5) is 28.1. The maximum absolute atomic E-state index is 12.7. The minimum absolute atomic E-state index is 0.0370. The summed E-state index contributed by atoms with van der Waals surface area (Å²) in [6.07, 6.45) is -0.764. The number of aliphatic hydroxyl groups is 1. The van der Waals surface area contributed by atoms with Gasteiger partial charge < -0.3 is 19.3 Å². The summed E-state index contributed by atoms with van der Waals surface area (Å²) >= 11 is 0. The number of hydrogen-bond donors (Lipinski definition) is 1. The van der Waals surface area contributed by atoms with E-state index in [0.29, 0.717) is 26.0 Å². The first-order chi connectivity index (χ1) is 12.6. The second-order valence-electron chi connectivity index (χ2n) is 10.2. The third-order valence-corrected chi connectivity index (χ3v) is 4.76. The van der Waals surface area contributed by atoms with E-state index in [1.165, 1.54) is 4.90 Å². The van der Waals surface area contributed by atoms with Crippen LogP contribution in [0.25, 0.3) is 0 Å². The van der Waals surface area contributed by atoms with Crippen LogP contribution in [-0.2, 0) is 14.2 Å². The van der Waals surface area contributed by atoms with E-state index < -0.39 is 35.3 Å². The molecule has 0 aromatic carbocycles. The standard InChI is InChI=1S/C20H36N2O6/c1-18(2,3)27-16(24)21-11-13(10-15(21)23)9-14-12-26-20(7,8)22(14)17(25)28-19(4,5)6/h13-15,23H,9-12H2,1-8H3/t13-,14+,15?/m1/s1. The maximum atomic E-state index is 12.7. The number of likely N-dealkylation sites (tertiary alicyclic amines) is 1. The second-order valence-corrected chi connectivity index (χ2v) is 10.2. The summed E-state index contributed by atoms with van der Waals surface area (Å²) in [6.45, 7) is 15.3. The van der Waals surface area contributed by atoms with Gasteiger partial charge in [0.15, 0.2) is 0 Å². The number of carbonyl (C=O) groups excluding carboxylic acids is 2. The van der Waals surface area contributed by atoms with Crippen molar-refractivity contribution in [3.8, 4) is 0 Å². The number of aliphatic hydroxyl groups excluding tert-OH is 1. The van der Waals surface area contributed by atoms with Crippen molar-refractivity contribution in [1.29, 1.82) is 0 Å². The molecule has 0 saturated carbocycles. The minimum Gasteiger partial charge on any atom is -0.444 e. The second kappa shape index (κ2) is 7.71. The smallest absolute Gasteiger partial charge is 0.412 e. The molecule has 2 aliphatic rings. The predicted molar refractivity (Wildman–Crippen MR) is 104 cm³/mol. The molecule has 0 bridgehead atoms. The zero-order valence-electron chi connectivity index (χ0n) is 18.4. The van der Waals surface area contributed by atoms with Crippen LogP contribution in [0.3, 0.4) is 0 Å². The maximum Gasteiger partial charge on any atom is 0.412 e. The molecule has 162 valence electrons. The fraction of sp³-hybridized carbons (Fsp3) is 0.900. The van der Waals surface area contributed by atoms with Crippen molar-refractivity contribution in [2.24, 2.45) is 5.92 Å². The van der Waals surface area contributed by atoms with Gasteiger partial charge in [0.2, 0.25) is 0 Å². The molecule has 2 amide bonds. The van der Waals surface area contributed by atoms with Gasteiger partial charge in [0.05, 0.1) is 12.6 Å². The molecular formula is C20H36N2O6. The number of ether oxygens (including phenoxy) is 3. The van der Waals surface area contributed by atoms with Crippen LogP contribution in [0, 0.1) is 5.92 Å². The minimum atomic E-state index is -0.884. The average molecular weight is 401 g/mol. The third-order valence-electron chi connectivity index (χ3n) is 4.76. The van der Waals surface area contributed by atoms with E-state index in [-0.39, 0.29) is 12.0 Å². The molecule has 2 saturated heterocycles. The van der Waals surface area contributed by atoms with Crippen LogP contribution >= 0.6 is 0 Å². The SMILES string of the molecule is CC(C)(C)OC(=O)N1C[C@H](C[C@H]2COC(C)(C)N2C(=O)OC(C)(C)C)CC1O. The van der Waals surface area contributed by atoms with E-state index in [4.69, 9.17) is 14.2 Å². The normalized spacial score (nSPS) is 27.8. The first-order valence-corrected chi connectivity index (χ1v) is 9.93. The lowest BCUT2D eigenvalue weighted by molar-refractivity contribution is -0.0631. The van der Waals surface area contributed by atoms with E-state index in [9.17, 15) is 14.7 Å². The topological polar surface area (TPSA) is 88.5 Å². The lowest BCUT2D eigenvalue weighted by Crippen LogP contribution is -2.50. The van der Waals surface area contributed by atoms with Gasteiger partial charge in [0, 0.05) is 6.54 Å². The van der Waals surface area contributed by atoms with Crippen molar-refractivity contribution in [1.82, 2.24) is 9.80 Å². The number of carbonyl (C=O) groups is 2. The van der Waals surface area contributed by atoms with Crippen LogP contribution < -0.4 is 0 Å². The zero-order chi connectivity index (χ0) is 21.5. The van der Waals surface area contributed by atoms with E-state index in [1.807, 2.05) is 34.6 Å². The molecule has 28 heavy (non-hydrogen) atoms. The highest BCUT2D eigenvalue weighted by Crippen LogP contribution is 2.35. The molecule has 1 unspecified atom stereocenters. The summed E-state index contributed by atoms with van der Waals surface area (Å²) in [6, 6.07) is -0.180. The van der Waals surface area contributed by atoms with Crippen LogP contribution in [0.5, 0.6) is 0 Å². The molecule has 2 fully saturated rings. The first-order valence-electron chi connectivity index (χ1n) is 9.93. The quantitative estimate of drug-likeness (QED) is 0.765. The highest BCUT2D eigenvalue weighted by Gasteiger charge is 2.47. The molecular weight excluding hydrogens is 364 g/mol. The fourth-order valence-corrected chi connectivity index (χ4v) is 3.71. The molecule has 8 heteroatoms. The molecule has 0 radical (unpaired) electrons. The van der Waals surface area contributed by atoms with Crippen LogP contribution in [0.15, 0.2) is 0 Å². The summed E-state index contributed by atoms with van der Waals surface area (Å²) in [5, 5.41) is 10.3. The Kier molecular flexibility index (Phi) is 6.26. The van der Waals surface area contributed by atoms with Crippen LogP contribution in [-0.4, -0.2) is 69.4 Å². The number of hydrogen-bond acceptors (Lipinski definition) is 6. The Morgan fingerprint density at radius 1 is 1.07 bits per heavy atom. The fourth-order valence-electron chi connectivity index (χ4n) is 3.71. The molecule has 2 aliphatic heterocycles. The van der Waals surface area contributed by atoms with Crippen LogP contribution in [0.1, 0.15) is 68.2 Å². The zero-order valence-corrected chi connectivity index (χ0v) is 18.4. The van der Waals surface area contributed by atoms with Gasteiger partial charge in [-0.2, -0.15) is 0 Å². The number of nitrogens with zero attached hydrogens (tertiary/aromatic N) is 2. The predicted octanol–water partition coefficient (Wildman–Crippen LogP) is 3.32. The highest BCUT2D eigenvalue weighted by molar-refractivity contribution is 5.70. The van der Waals surface area contributed by atoms with Gasteiger partial charge in [-0.1, -0.05) is 0 Å². The van der Waals surface area contributed by atoms with Gasteiger partial charge >= 0.3 is 12.2 Å². The first kappa shape index (κ1) is 22.7. The summed E-state index contributed by atoms with van der Waals surface area (Å²) in [5.74, 6) is 0.0370. The van der Waals surface area contributed by atoms with Crippen molar-refractivity contribution in [3.63, 3.8) is 0 Å². The van der Waals surface area contributed by atoms with Gasteiger partial charge in [0.25, 0.3) is 0 Å². The van der Waals surface area contributed by atoms with Crippen molar-refractivity contribution < 1.29 is 28.9 Å². The molecule has 1 N–H and O–H groups in total. The third kappa shape index (κ3) is 5.73. The molecule has 0 aromatic rings. The van der Waals surface area contributed by atoms with Crippen molar-refractivity contribution in [2.75, 3.05) is 13.2 Å². The van der Waals surface area contributed by atoms with E-state index in [1.54, 1.807) is 25.7 Å². The number of rotatable bonds is 2. The number of amides is 2. The molecule has 2 heterocycles. The molecule has 0 spiro atoms. The highest BCUT2D eigenvalue weighted by atomic mass is 16.6. The van der Waals surface area contributed by atoms with E-state index in [2.05, 4.69) is 0 Å².